The number of aliphatic carboxylic acids is 1. The number of aryl methyl sites for hydroxylation is 2. The van der Waals surface area contributed by atoms with Gasteiger partial charge in [0.2, 0.25) is 5.82 Å². The van der Waals surface area contributed by atoms with Crippen LogP contribution in [0.5, 0.6) is 0 Å². The molecule has 1 aliphatic rings. The first-order chi connectivity index (χ1) is 9.81. The number of nitrogens with zero attached hydrogens (tertiary/aromatic N) is 3. The van der Waals surface area contributed by atoms with Crippen LogP contribution in [0.2, 0.25) is 0 Å². The van der Waals surface area contributed by atoms with E-state index in [4.69, 9.17) is 0 Å². The monoisotopic (exact) mass is 296 g/mol. The molecule has 1 aromatic rings. The summed E-state index contributed by atoms with van der Waals surface area (Å²) in [6.45, 7) is 5.57. The van der Waals surface area contributed by atoms with Gasteiger partial charge in [-0.1, -0.05) is 6.92 Å². The maximum atomic E-state index is 11.6. The molecule has 1 heterocycles. The second-order valence-electron chi connectivity index (χ2n) is 5.67. The minimum absolute atomic E-state index is 0.0140. The molecule has 0 bridgehead atoms. The SMILES string of the molecule is CCCn1nc(C)c([N+](=O)[O-])c1NC(C)(C(=O)O)C1CC1. The number of hydrogen-bond acceptors (Lipinski definition) is 5. The molecule has 1 aromatic heterocycles. The van der Waals surface area contributed by atoms with Gasteiger partial charge in [0.15, 0.2) is 0 Å². The average Bonchev–Trinajstić information content (AvgIpc) is 3.17. The molecule has 0 aromatic carbocycles. The van der Waals surface area contributed by atoms with E-state index in [2.05, 4.69) is 10.4 Å². The smallest absolute Gasteiger partial charge is 0.333 e. The molecule has 1 fully saturated rings. The summed E-state index contributed by atoms with van der Waals surface area (Å²) in [5, 5.41) is 27.8. The van der Waals surface area contributed by atoms with Crippen LogP contribution in [0.1, 0.15) is 38.8 Å². The molecule has 1 aliphatic carbocycles. The van der Waals surface area contributed by atoms with Gasteiger partial charge in [-0.2, -0.15) is 5.10 Å². The lowest BCUT2D eigenvalue weighted by Gasteiger charge is -2.27. The zero-order valence-electron chi connectivity index (χ0n) is 12.4. The molecule has 0 amide bonds. The van der Waals surface area contributed by atoms with Gasteiger partial charge in [-0.15, -0.1) is 0 Å². The maximum absolute atomic E-state index is 11.6. The third-order valence-electron chi connectivity index (χ3n) is 3.93. The van der Waals surface area contributed by atoms with Gasteiger partial charge < -0.3 is 10.4 Å². The summed E-state index contributed by atoms with van der Waals surface area (Å²) in [5.74, 6) is -0.822. The third-order valence-corrected chi connectivity index (χ3v) is 3.93. The van der Waals surface area contributed by atoms with Crippen molar-refractivity contribution in [2.75, 3.05) is 5.32 Å². The van der Waals surface area contributed by atoms with Crippen molar-refractivity contribution in [1.29, 1.82) is 0 Å². The van der Waals surface area contributed by atoms with Crippen molar-refractivity contribution in [2.45, 2.75) is 52.1 Å². The summed E-state index contributed by atoms with van der Waals surface area (Å²) in [7, 11) is 0. The van der Waals surface area contributed by atoms with E-state index in [0.29, 0.717) is 12.2 Å². The van der Waals surface area contributed by atoms with Crippen LogP contribution in [-0.4, -0.2) is 31.3 Å². The van der Waals surface area contributed by atoms with Gasteiger partial charge >= 0.3 is 11.7 Å². The van der Waals surface area contributed by atoms with Crippen LogP contribution in [-0.2, 0) is 11.3 Å². The van der Waals surface area contributed by atoms with Crippen molar-refractivity contribution < 1.29 is 14.8 Å². The van der Waals surface area contributed by atoms with E-state index in [9.17, 15) is 20.0 Å². The first-order valence-corrected chi connectivity index (χ1v) is 7.04. The Morgan fingerprint density at radius 1 is 1.62 bits per heavy atom. The Balaban J connectivity index is 2.45. The lowest BCUT2D eigenvalue weighted by atomic mass is 9.96. The van der Waals surface area contributed by atoms with Crippen molar-refractivity contribution in [1.82, 2.24) is 9.78 Å². The normalized spacial score (nSPS) is 17.3. The highest BCUT2D eigenvalue weighted by Crippen LogP contribution is 2.43. The predicted octanol–water partition coefficient (Wildman–Crippen LogP) is 2.17. The molecule has 0 aliphatic heterocycles. The number of hydrogen-bond donors (Lipinski definition) is 2. The van der Waals surface area contributed by atoms with Gasteiger partial charge in [0.1, 0.15) is 11.2 Å². The molecule has 0 saturated heterocycles. The Morgan fingerprint density at radius 2 is 2.24 bits per heavy atom. The second kappa shape index (κ2) is 5.34. The topological polar surface area (TPSA) is 110 Å². The van der Waals surface area contributed by atoms with Crippen LogP contribution in [0.3, 0.4) is 0 Å². The lowest BCUT2D eigenvalue weighted by molar-refractivity contribution is -0.384. The number of carbonyl (C=O) groups is 1. The van der Waals surface area contributed by atoms with Gasteiger partial charge in [0.25, 0.3) is 0 Å². The fourth-order valence-electron chi connectivity index (χ4n) is 2.52. The number of rotatable bonds is 7. The quantitative estimate of drug-likeness (QED) is 0.589. The van der Waals surface area contributed by atoms with Crippen molar-refractivity contribution in [3.63, 3.8) is 0 Å². The van der Waals surface area contributed by atoms with Crippen LogP contribution in [0.4, 0.5) is 11.5 Å². The Hall–Kier alpha value is -2.12. The van der Waals surface area contributed by atoms with Crippen molar-refractivity contribution >= 4 is 17.5 Å². The third kappa shape index (κ3) is 2.70. The van der Waals surface area contributed by atoms with Gasteiger partial charge in [-0.25, -0.2) is 9.48 Å². The first kappa shape index (κ1) is 15.3. The van der Waals surface area contributed by atoms with Crippen LogP contribution in [0.25, 0.3) is 0 Å². The number of anilines is 1. The number of nitro groups is 1. The van der Waals surface area contributed by atoms with Gasteiger partial charge in [0, 0.05) is 6.54 Å². The molecule has 8 nitrogen and oxygen atoms in total. The van der Waals surface area contributed by atoms with E-state index >= 15 is 0 Å². The Kier molecular flexibility index (Phi) is 3.89. The molecule has 116 valence electrons. The van der Waals surface area contributed by atoms with E-state index in [1.165, 1.54) is 4.68 Å². The molecular formula is C13H20N4O4. The number of carboxylic acid groups (broad SMARTS) is 1. The van der Waals surface area contributed by atoms with Gasteiger partial charge in [0.05, 0.1) is 4.92 Å². The molecule has 8 heteroatoms. The highest BCUT2D eigenvalue weighted by Gasteiger charge is 2.49. The summed E-state index contributed by atoms with van der Waals surface area (Å²) in [5.41, 5.74) is -1.06. The van der Waals surface area contributed by atoms with E-state index in [1.54, 1.807) is 13.8 Å². The summed E-state index contributed by atoms with van der Waals surface area (Å²) < 4.78 is 1.50. The van der Waals surface area contributed by atoms with Gasteiger partial charge in [-0.3, -0.25) is 10.1 Å². The molecule has 2 rings (SSSR count). The molecule has 0 spiro atoms. The van der Waals surface area contributed by atoms with E-state index < -0.39 is 16.4 Å². The minimum Gasteiger partial charge on any atom is -0.480 e. The molecule has 2 N–H and O–H groups in total. The van der Waals surface area contributed by atoms with Crippen LogP contribution < -0.4 is 5.32 Å². The fourth-order valence-corrected chi connectivity index (χ4v) is 2.52. The minimum atomic E-state index is -1.21. The predicted molar refractivity (Wildman–Crippen MR) is 76.3 cm³/mol. The number of carboxylic acids is 1. The molecule has 1 atom stereocenters. The highest BCUT2D eigenvalue weighted by molar-refractivity contribution is 5.84. The van der Waals surface area contributed by atoms with Gasteiger partial charge in [-0.05, 0) is 39.0 Å². The van der Waals surface area contributed by atoms with Crippen molar-refractivity contribution in [3.05, 3.63) is 15.8 Å². The Labute approximate surface area is 122 Å². The first-order valence-electron chi connectivity index (χ1n) is 7.04. The van der Waals surface area contributed by atoms with E-state index in [-0.39, 0.29) is 17.4 Å². The summed E-state index contributed by atoms with van der Waals surface area (Å²) in [4.78, 5) is 22.4. The molecule has 0 radical (unpaired) electrons. The summed E-state index contributed by atoms with van der Waals surface area (Å²) in [6.07, 6.45) is 2.37. The summed E-state index contributed by atoms with van der Waals surface area (Å²) >= 11 is 0. The van der Waals surface area contributed by atoms with Crippen LogP contribution >= 0.6 is 0 Å². The maximum Gasteiger partial charge on any atom is 0.333 e. The van der Waals surface area contributed by atoms with E-state index in [0.717, 1.165) is 19.3 Å². The largest absolute Gasteiger partial charge is 0.480 e. The van der Waals surface area contributed by atoms with Crippen LogP contribution in [0.15, 0.2) is 0 Å². The zero-order chi connectivity index (χ0) is 15.8. The Bertz CT molecular complexity index is 579. The molecule has 1 unspecified atom stereocenters. The molecular weight excluding hydrogens is 276 g/mol. The molecule has 21 heavy (non-hydrogen) atoms. The Morgan fingerprint density at radius 3 is 2.67 bits per heavy atom. The van der Waals surface area contributed by atoms with Crippen LogP contribution in [0, 0.1) is 23.0 Å². The second-order valence-corrected chi connectivity index (χ2v) is 5.67. The number of nitrogens with one attached hydrogen (secondary N) is 1. The molecule has 1 saturated carbocycles. The number of aromatic nitrogens is 2. The van der Waals surface area contributed by atoms with Crippen molar-refractivity contribution in [3.8, 4) is 0 Å². The van der Waals surface area contributed by atoms with Crippen molar-refractivity contribution in [2.24, 2.45) is 5.92 Å². The van der Waals surface area contributed by atoms with E-state index in [1.807, 2.05) is 6.92 Å². The summed E-state index contributed by atoms with van der Waals surface area (Å²) in [6, 6.07) is 0. The lowest BCUT2D eigenvalue weighted by Crippen LogP contribution is -2.46. The fraction of sp³-hybridized carbons (Fsp3) is 0.692. The average molecular weight is 296 g/mol. The zero-order valence-corrected chi connectivity index (χ0v) is 12.4. The standard InChI is InChI=1S/C13H20N4O4/c1-4-7-16-11(10(17(20)21)8(2)15-16)14-13(3,12(18)19)9-5-6-9/h9,14H,4-7H2,1-3H3,(H,18,19). The highest BCUT2D eigenvalue weighted by atomic mass is 16.6.